The molecule has 1 aliphatic rings. The number of piperidine rings is 1. The van der Waals surface area contributed by atoms with Crippen LogP contribution >= 0.6 is 0 Å². The fraction of sp³-hybridized carbons (Fsp3) is 0.533. The van der Waals surface area contributed by atoms with Gasteiger partial charge in [0.2, 0.25) is 5.91 Å². The molecule has 19 heavy (non-hydrogen) atoms. The molecule has 1 fully saturated rings. The van der Waals surface area contributed by atoms with Crippen LogP contribution in [0.1, 0.15) is 18.4 Å². The highest BCUT2D eigenvalue weighted by Gasteiger charge is 2.21. The first-order valence-corrected chi connectivity index (χ1v) is 6.91. The summed E-state index contributed by atoms with van der Waals surface area (Å²) in [7, 11) is 1.99. The molecule has 0 aliphatic carbocycles. The van der Waals surface area contributed by atoms with Crippen LogP contribution in [0.5, 0.6) is 0 Å². The number of hydrogen-bond donors (Lipinski definition) is 1. The van der Waals surface area contributed by atoms with Crippen molar-refractivity contribution in [3.63, 3.8) is 0 Å². The minimum Gasteiger partial charge on any atom is -0.341 e. The van der Waals surface area contributed by atoms with E-state index in [4.69, 9.17) is 5.73 Å². The van der Waals surface area contributed by atoms with E-state index in [2.05, 4.69) is 17.0 Å². The third-order valence-corrected chi connectivity index (χ3v) is 3.59. The zero-order valence-electron chi connectivity index (χ0n) is 11.6. The van der Waals surface area contributed by atoms with Crippen LogP contribution in [0.2, 0.25) is 0 Å². The lowest BCUT2D eigenvalue weighted by Gasteiger charge is -2.31. The molecule has 4 nitrogen and oxygen atoms in total. The first-order valence-electron chi connectivity index (χ1n) is 6.91. The highest BCUT2D eigenvalue weighted by atomic mass is 16.2. The molecule has 1 heterocycles. The zero-order valence-corrected chi connectivity index (χ0v) is 11.6. The van der Waals surface area contributed by atoms with Crippen LogP contribution in [0.4, 0.5) is 0 Å². The molecule has 1 aromatic rings. The van der Waals surface area contributed by atoms with Gasteiger partial charge < -0.3 is 10.6 Å². The lowest BCUT2D eigenvalue weighted by Crippen LogP contribution is -2.46. The van der Waals surface area contributed by atoms with Crippen LogP contribution in [0, 0.1) is 0 Å². The molecule has 0 bridgehead atoms. The van der Waals surface area contributed by atoms with Crippen molar-refractivity contribution in [1.82, 2.24) is 9.80 Å². The summed E-state index contributed by atoms with van der Waals surface area (Å²) in [6.45, 7) is 2.89. The van der Waals surface area contributed by atoms with Crippen LogP contribution < -0.4 is 5.73 Å². The van der Waals surface area contributed by atoms with E-state index in [9.17, 15) is 4.79 Å². The predicted molar refractivity (Wildman–Crippen MR) is 76.6 cm³/mol. The van der Waals surface area contributed by atoms with E-state index >= 15 is 0 Å². The Labute approximate surface area is 115 Å². The lowest BCUT2D eigenvalue weighted by molar-refractivity contribution is -0.133. The van der Waals surface area contributed by atoms with Crippen LogP contribution in [-0.2, 0) is 11.3 Å². The molecule has 1 amide bonds. The Bertz CT molecular complexity index is 399. The Morgan fingerprint density at radius 2 is 1.95 bits per heavy atom. The topological polar surface area (TPSA) is 49.6 Å². The second-order valence-electron chi connectivity index (χ2n) is 5.38. The predicted octanol–water partition coefficient (Wildman–Crippen LogP) is 1.07. The van der Waals surface area contributed by atoms with Gasteiger partial charge in [0.15, 0.2) is 0 Å². The maximum Gasteiger partial charge on any atom is 0.236 e. The van der Waals surface area contributed by atoms with E-state index in [1.54, 1.807) is 0 Å². The molecule has 0 saturated carbocycles. The summed E-state index contributed by atoms with van der Waals surface area (Å²) in [6, 6.07) is 10.5. The number of carbonyl (C=O) groups excluding carboxylic acids is 1. The SMILES string of the molecule is CN(CC(=O)N1CCC(N)CC1)Cc1ccccc1. The molecular weight excluding hydrogens is 238 g/mol. The van der Waals surface area contributed by atoms with Gasteiger partial charge in [-0.05, 0) is 25.5 Å². The summed E-state index contributed by atoms with van der Waals surface area (Å²) in [6.07, 6.45) is 1.85. The number of rotatable bonds is 4. The van der Waals surface area contributed by atoms with Crippen molar-refractivity contribution in [2.75, 3.05) is 26.7 Å². The molecule has 0 radical (unpaired) electrons. The first kappa shape index (κ1) is 14.0. The van der Waals surface area contributed by atoms with E-state index in [1.165, 1.54) is 5.56 Å². The van der Waals surface area contributed by atoms with E-state index in [1.807, 2.05) is 30.1 Å². The molecule has 1 aliphatic heterocycles. The Hall–Kier alpha value is -1.39. The maximum atomic E-state index is 12.1. The monoisotopic (exact) mass is 261 g/mol. The van der Waals surface area contributed by atoms with Gasteiger partial charge in [-0.15, -0.1) is 0 Å². The Morgan fingerprint density at radius 1 is 1.32 bits per heavy atom. The number of carbonyl (C=O) groups is 1. The van der Waals surface area contributed by atoms with Crippen molar-refractivity contribution < 1.29 is 4.79 Å². The van der Waals surface area contributed by atoms with Gasteiger partial charge in [0, 0.05) is 25.7 Å². The smallest absolute Gasteiger partial charge is 0.236 e. The van der Waals surface area contributed by atoms with Crippen LogP contribution in [-0.4, -0.2) is 48.4 Å². The van der Waals surface area contributed by atoms with Gasteiger partial charge in [0.05, 0.1) is 6.54 Å². The Balaban J connectivity index is 1.78. The fourth-order valence-electron chi connectivity index (χ4n) is 2.43. The van der Waals surface area contributed by atoms with Crippen LogP contribution in [0.25, 0.3) is 0 Å². The number of benzene rings is 1. The quantitative estimate of drug-likeness (QED) is 0.882. The number of likely N-dealkylation sites (tertiary alicyclic amines) is 1. The molecule has 0 atom stereocenters. The third kappa shape index (κ3) is 4.33. The largest absolute Gasteiger partial charge is 0.341 e. The maximum absolute atomic E-state index is 12.1. The standard InChI is InChI=1S/C15H23N3O/c1-17(11-13-5-3-2-4-6-13)12-15(19)18-9-7-14(16)8-10-18/h2-6,14H,7-12,16H2,1H3. The molecular formula is C15H23N3O. The molecule has 2 N–H and O–H groups in total. The average molecular weight is 261 g/mol. The summed E-state index contributed by atoms with van der Waals surface area (Å²) in [5.41, 5.74) is 7.09. The number of nitrogens with two attached hydrogens (primary N) is 1. The molecule has 1 aromatic carbocycles. The number of amides is 1. The summed E-state index contributed by atoms with van der Waals surface area (Å²) < 4.78 is 0. The molecule has 1 saturated heterocycles. The van der Waals surface area contributed by atoms with Gasteiger partial charge in [-0.25, -0.2) is 0 Å². The van der Waals surface area contributed by atoms with Gasteiger partial charge in [-0.2, -0.15) is 0 Å². The third-order valence-electron chi connectivity index (χ3n) is 3.59. The van der Waals surface area contributed by atoms with E-state index < -0.39 is 0 Å². The number of hydrogen-bond acceptors (Lipinski definition) is 3. The summed E-state index contributed by atoms with van der Waals surface area (Å²) in [5, 5.41) is 0. The van der Waals surface area contributed by atoms with Crippen molar-refractivity contribution in [2.45, 2.75) is 25.4 Å². The molecule has 0 unspecified atom stereocenters. The average Bonchev–Trinajstić information content (AvgIpc) is 2.40. The fourth-order valence-corrected chi connectivity index (χ4v) is 2.43. The van der Waals surface area contributed by atoms with Crippen molar-refractivity contribution in [2.24, 2.45) is 5.73 Å². The zero-order chi connectivity index (χ0) is 13.7. The normalized spacial score (nSPS) is 16.9. The van der Waals surface area contributed by atoms with Crippen molar-refractivity contribution in [3.05, 3.63) is 35.9 Å². The van der Waals surface area contributed by atoms with E-state index in [-0.39, 0.29) is 11.9 Å². The Kier molecular flexibility index (Phi) is 4.93. The van der Waals surface area contributed by atoms with Gasteiger partial charge in [0.25, 0.3) is 0 Å². The van der Waals surface area contributed by atoms with Crippen molar-refractivity contribution >= 4 is 5.91 Å². The van der Waals surface area contributed by atoms with Gasteiger partial charge in [-0.1, -0.05) is 30.3 Å². The second-order valence-corrected chi connectivity index (χ2v) is 5.38. The van der Waals surface area contributed by atoms with Gasteiger partial charge in [-0.3, -0.25) is 9.69 Å². The summed E-state index contributed by atoms with van der Waals surface area (Å²) >= 11 is 0. The van der Waals surface area contributed by atoms with Crippen LogP contribution in [0.15, 0.2) is 30.3 Å². The van der Waals surface area contributed by atoms with Crippen LogP contribution in [0.3, 0.4) is 0 Å². The molecule has 0 aromatic heterocycles. The highest BCUT2D eigenvalue weighted by Crippen LogP contribution is 2.09. The van der Waals surface area contributed by atoms with E-state index in [0.717, 1.165) is 32.5 Å². The minimum atomic E-state index is 0.213. The molecule has 104 valence electrons. The molecule has 0 spiro atoms. The summed E-state index contributed by atoms with van der Waals surface area (Å²) in [4.78, 5) is 16.1. The highest BCUT2D eigenvalue weighted by molar-refractivity contribution is 5.78. The summed E-state index contributed by atoms with van der Waals surface area (Å²) in [5.74, 6) is 0.213. The molecule has 2 rings (SSSR count). The van der Waals surface area contributed by atoms with E-state index in [0.29, 0.717) is 6.54 Å². The lowest BCUT2D eigenvalue weighted by atomic mass is 10.1. The number of nitrogens with zero attached hydrogens (tertiary/aromatic N) is 2. The Morgan fingerprint density at radius 3 is 2.58 bits per heavy atom. The van der Waals surface area contributed by atoms with Crippen molar-refractivity contribution in [3.8, 4) is 0 Å². The second kappa shape index (κ2) is 6.68. The van der Waals surface area contributed by atoms with Crippen molar-refractivity contribution in [1.29, 1.82) is 0 Å². The number of likely N-dealkylation sites (N-methyl/N-ethyl adjacent to an activating group) is 1. The van der Waals surface area contributed by atoms with Gasteiger partial charge >= 0.3 is 0 Å². The molecule has 4 heteroatoms. The first-order chi connectivity index (χ1) is 9.15. The van der Waals surface area contributed by atoms with Gasteiger partial charge in [0.1, 0.15) is 0 Å². The minimum absolute atomic E-state index is 0.213.